The Hall–Kier alpha value is -1.34. The molecule has 0 bridgehead atoms. The van der Waals surface area contributed by atoms with Crippen molar-refractivity contribution in [1.29, 1.82) is 0 Å². The number of anilines is 1. The van der Waals surface area contributed by atoms with Crippen molar-refractivity contribution in [3.63, 3.8) is 0 Å². The number of thiazole rings is 1. The van der Waals surface area contributed by atoms with E-state index in [0.717, 1.165) is 11.3 Å². The van der Waals surface area contributed by atoms with E-state index >= 15 is 0 Å². The number of nitrogens with one attached hydrogen (secondary N) is 1. The van der Waals surface area contributed by atoms with Gasteiger partial charge < -0.3 is 14.8 Å². The largest absolute Gasteiger partial charge is 0.466 e. The first-order valence-corrected chi connectivity index (χ1v) is 6.42. The van der Waals surface area contributed by atoms with E-state index in [2.05, 4.69) is 15.0 Å². The minimum absolute atomic E-state index is 0.0884. The lowest BCUT2D eigenvalue weighted by Crippen LogP contribution is -2.11. The number of hydrogen-bond donors (Lipinski definition) is 1. The van der Waals surface area contributed by atoms with E-state index < -0.39 is 5.97 Å². The van der Waals surface area contributed by atoms with Gasteiger partial charge in [-0.2, -0.15) is 0 Å². The number of ether oxygens (including phenoxy) is 2. The molecule has 1 aromatic rings. The number of nitrogens with zero attached hydrogens (tertiary/aromatic N) is 1. The van der Waals surface area contributed by atoms with Crippen LogP contribution in [0.1, 0.15) is 23.0 Å². The second kappa shape index (κ2) is 7.17. The fraction of sp³-hybridized carbons (Fsp3) is 0.500. The van der Waals surface area contributed by atoms with Crippen molar-refractivity contribution < 1.29 is 19.1 Å². The number of methoxy groups -OCH3 is 1. The number of carbonyl (C=O) groups is 2. The zero-order valence-electron chi connectivity index (χ0n) is 9.99. The number of carbonyl (C=O) groups excluding carboxylic acids is 2. The van der Waals surface area contributed by atoms with Gasteiger partial charge in [0.1, 0.15) is 0 Å². The molecule has 0 aliphatic carbocycles. The van der Waals surface area contributed by atoms with Crippen LogP contribution in [0.2, 0.25) is 5.15 Å². The second-order valence-corrected chi connectivity index (χ2v) is 4.47. The van der Waals surface area contributed by atoms with Gasteiger partial charge in [0.15, 0.2) is 15.2 Å². The van der Waals surface area contributed by atoms with Crippen LogP contribution in [0.3, 0.4) is 0 Å². The van der Waals surface area contributed by atoms with Crippen molar-refractivity contribution >= 4 is 40.0 Å². The third kappa shape index (κ3) is 4.15. The molecule has 0 unspecified atom stereocenters. The molecule has 0 radical (unpaired) electrons. The molecule has 100 valence electrons. The molecule has 18 heavy (non-hydrogen) atoms. The van der Waals surface area contributed by atoms with Gasteiger partial charge in [-0.3, -0.25) is 4.79 Å². The molecule has 0 aliphatic heterocycles. The summed E-state index contributed by atoms with van der Waals surface area (Å²) in [6.07, 6.45) is 0.221. The number of halogens is 1. The summed E-state index contributed by atoms with van der Waals surface area (Å²) in [7, 11) is 1.27. The molecular weight excluding hydrogens is 280 g/mol. The molecule has 6 nitrogen and oxygen atoms in total. The van der Waals surface area contributed by atoms with E-state index in [1.54, 1.807) is 6.92 Å². The maximum atomic E-state index is 11.3. The van der Waals surface area contributed by atoms with E-state index in [-0.39, 0.29) is 22.4 Å². The Labute approximate surface area is 113 Å². The molecule has 0 atom stereocenters. The Morgan fingerprint density at radius 3 is 2.83 bits per heavy atom. The molecule has 8 heteroatoms. The SMILES string of the molecule is CCOC(=O)CCNc1nc(Cl)c(C(=O)OC)s1. The summed E-state index contributed by atoms with van der Waals surface area (Å²) in [4.78, 5) is 26.5. The van der Waals surface area contributed by atoms with Crippen LogP contribution in [-0.4, -0.2) is 37.2 Å². The highest BCUT2D eigenvalue weighted by Crippen LogP contribution is 2.27. The number of rotatable bonds is 6. The molecule has 0 spiro atoms. The van der Waals surface area contributed by atoms with Crippen LogP contribution < -0.4 is 5.32 Å². The average Bonchev–Trinajstić information content (AvgIpc) is 2.70. The smallest absolute Gasteiger partial charge is 0.351 e. The van der Waals surface area contributed by atoms with Gasteiger partial charge in [0.2, 0.25) is 0 Å². The fourth-order valence-corrected chi connectivity index (χ4v) is 2.23. The topological polar surface area (TPSA) is 77.5 Å². The summed E-state index contributed by atoms with van der Waals surface area (Å²) < 4.78 is 9.32. The van der Waals surface area contributed by atoms with E-state index in [1.165, 1.54) is 7.11 Å². The van der Waals surface area contributed by atoms with Gasteiger partial charge >= 0.3 is 11.9 Å². The molecule has 1 rings (SSSR count). The maximum absolute atomic E-state index is 11.3. The van der Waals surface area contributed by atoms with Crippen molar-refractivity contribution in [2.24, 2.45) is 0 Å². The zero-order valence-corrected chi connectivity index (χ0v) is 11.6. The lowest BCUT2D eigenvalue weighted by Gasteiger charge is -2.02. The molecular formula is C10H13ClN2O4S. The summed E-state index contributed by atoms with van der Waals surface area (Å²) in [5, 5.41) is 3.44. The molecule has 0 amide bonds. The minimum atomic E-state index is -0.532. The quantitative estimate of drug-likeness (QED) is 0.808. The van der Waals surface area contributed by atoms with Gasteiger partial charge in [-0.05, 0) is 6.92 Å². The number of hydrogen-bond acceptors (Lipinski definition) is 7. The van der Waals surface area contributed by atoms with Crippen LogP contribution in [0.25, 0.3) is 0 Å². The van der Waals surface area contributed by atoms with Gasteiger partial charge in [0.25, 0.3) is 0 Å². The summed E-state index contributed by atoms with van der Waals surface area (Å²) in [6.45, 7) is 2.46. The van der Waals surface area contributed by atoms with E-state index in [4.69, 9.17) is 16.3 Å². The normalized spacial score (nSPS) is 9.94. The van der Waals surface area contributed by atoms with Crippen LogP contribution in [0.4, 0.5) is 5.13 Å². The molecule has 0 aromatic carbocycles. The third-order valence-electron chi connectivity index (χ3n) is 1.87. The molecule has 1 aromatic heterocycles. The first kappa shape index (κ1) is 14.7. The number of esters is 2. The lowest BCUT2D eigenvalue weighted by molar-refractivity contribution is -0.142. The van der Waals surface area contributed by atoms with Gasteiger partial charge in [-0.15, -0.1) is 0 Å². The molecule has 1 N–H and O–H groups in total. The summed E-state index contributed by atoms with van der Waals surface area (Å²) in [6, 6.07) is 0. The zero-order chi connectivity index (χ0) is 13.5. The summed E-state index contributed by atoms with van der Waals surface area (Å²) in [5.41, 5.74) is 0. The van der Waals surface area contributed by atoms with Crippen molar-refractivity contribution in [3.8, 4) is 0 Å². The van der Waals surface area contributed by atoms with Crippen LogP contribution in [0.5, 0.6) is 0 Å². The highest BCUT2D eigenvalue weighted by Gasteiger charge is 2.17. The highest BCUT2D eigenvalue weighted by molar-refractivity contribution is 7.18. The standard InChI is InChI=1S/C10H13ClN2O4S/c1-3-17-6(14)4-5-12-10-13-8(11)7(18-10)9(15)16-2/h3-5H2,1-2H3,(H,12,13). The summed E-state index contributed by atoms with van der Waals surface area (Å²) in [5.74, 6) is -0.822. The van der Waals surface area contributed by atoms with Gasteiger partial charge in [0, 0.05) is 6.54 Å². The highest BCUT2D eigenvalue weighted by atomic mass is 35.5. The lowest BCUT2D eigenvalue weighted by atomic mass is 10.4. The Morgan fingerprint density at radius 1 is 1.50 bits per heavy atom. The van der Waals surface area contributed by atoms with Crippen molar-refractivity contribution in [1.82, 2.24) is 4.98 Å². The molecule has 0 fully saturated rings. The number of aromatic nitrogens is 1. The van der Waals surface area contributed by atoms with Crippen LogP contribution in [0.15, 0.2) is 0 Å². The average molecular weight is 293 g/mol. The van der Waals surface area contributed by atoms with E-state index in [1.807, 2.05) is 0 Å². The predicted octanol–water partition coefficient (Wildman–Crippen LogP) is 1.95. The van der Waals surface area contributed by atoms with Crippen LogP contribution >= 0.6 is 22.9 Å². The Balaban J connectivity index is 2.49. The first-order chi connectivity index (χ1) is 8.58. The van der Waals surface area contributed by atoms with Gasteiger partial charge in [-0.25, -0.2) is 9.78 Å². The second-order valence-electron chi connectivity index (χ2n) is 3.11. The molecule has 0 saturated heterocycles. The minimum Gasteiger partial charge on any atom is -0.466 e. The Bertz CT molecular complexity index is 436. The van der Waals surface area contributed by atoms with Crippen molar-refractivity contribution in [2.45, 2.75) is 13.3 Å². The van der Waals surface area contributed by atoms with Gasteiger partial charge in [0.05, 0.1) is 20.1 Å². The Morgan fingerprint density at radius 2 is 2.22 bits per heavy atom. The van der Waals surface area contributed by atoms with Gasteiger partial charge in [-0.1, -0.05) is 22.9 Å². The van der Waals surface area contributed by atoms with Crippen LogP contribution in [0, 0.1) is 0 Å². The fourth-order valence-electron chi connectivity index (χ4n) is 1.10. The molecule has 1 heterocycles. The first-order valence-electron chi connectivity index (χ1n) is 5.22. The van der Waals surface area contributed by atoms with Crippen LogP contribution in [-0.2, 0) is 14.3 Å². The molecule has 0 aliphatic rings. The Kier molecular flexibility index (Phi) is 5.87. The molecule has 0 saturated carbocycles. The van der Waals surface area contributed by atoms with E-state index in [9.17, 15) is 9.59 Å². The maximum Gasteiger partial charge on any atom is 0.351 e. The van der Waals surface area contributed by atoms with Crippen molar-refractivity contribution in [2.75, 3.05) is 25.6 Å². The predicted molar refractivity (Wildman–Crippen MR) is 68.2 cm³/mol. The third-order valence-corrected chi connectivity index (χ3v) is 3.25. The van der Waals surface area contributed by atoms with E-state index in [0.29, 0.717) is 18.3 Å². The summed E-state index contributed by atoms with van der Waals surface area (Å²) >= 11 is 6.85. The monoisotopic (exact) mass is 292 g/mol. The van der Waals surface area contributed by atoms with Crippen molar-refractivity contribution in [3.05, 3.63) is 10.0 Å².